The smallest absolute Gasteiger partial charge is 0.378 e. The van der Waals surface area contributed by atoms with Crippen molar-refractivity contribution < 1.29 is 19.1 Å². The minimum Gasteiger partial charge on any atom is -0.454 e. The summed E-state index contributed by atoms with van der Waals surface area (Å²) in [6, 6.07) is 0. The summed E-state index contributed by atoms with van der Waals surface area (Å²) >= 11 is 0. The van der Waals surface area contributed by atoms with E-state index in [9.17, 15) is 9.59 Å². The van der Waals surface area contributed by atoms with Gasteiger partial charge in [-0.05, 0) is 74.0 Å². The van der Waals surface area contributed by atoms with Crippen LogP contribution in [0.3, 0.4) is 0 Å². The summed E-state index contributed by atoms with van der Waals surface area (Å²) in [6.45, 7) is 13.7. The van der Waals surface area contributed by atoms with E-state index >= 15 is 0 Å². The molecule has 0 radical (unpaired) electrons. The molecule has 0 spiro atoms. The number of ether oxygens (including phenoxy) is 2. The highest BCUT2D eigenvalue weighted by Gasteiger charge is 2.32. The second kappa shape index (κ2) is 12.7. The Morgan fingerprint density at radius 1 is 0.645 bits per heavy atom. The van der Waals surface area contributed by atoms with E-state index in [0.717, 1.165) is 73.0 Å². The Bertz CT molecular complexity index is 519. The SMILES string of the molecule is CC(C)(C)C1CCC(OC(=O)SSCSSC(=O)OC2CCC(C(C)(C)C)CC2)CC1. The van der Waals surface area contributed by atoms with E-state index in [1.807, 2.05) is 0 Å². The predicted molar refractivity (Wildman–Crippen MR) is 139 cm³/mol. The third-order valence-electron chi connectivity index (χ3n) is 6.67. The van der Waals surface area contributed by atoms with Gasteiger partial charge in [-0.25, -0.2) is 9.59 Å². The van der Waals surface area contributed by atoms with E-state index < -0.39 is 0 Å². The van der Waals surface area contributed by atoms with Gasteiger partial charge in [-0.3, -0.25) is 0 Å². The first kappa shape index (κ1) is 27.6. The molecule has 0 amide bonds. The van der Waals surface area contributed by atoms with E-state index in [-0.39, 0.29) is 22.8 Å². The lowest BCUT2D eigenvalue weighted by atomic mass is 9.72. The topological polar surface area (TPSA) is 52.6 Å². The van der Waals surface area contributed by atoms with Crippen LogP contribution in [-0.2, 0) is 9.47 Å². The van der Waals surface area contributed by atoms with Gasteiger partial charge in [-0.15, -0.1) is 0 Å². The molecular formula is C23H40O4S4. The largest absolute Gasteiger partial charge is 0.454 e. The molecule has 0 aromatic rings. The minimum absolute atomic E-state index is 0.0598. The van der Waals surface area contributed by atoms with E-state index in [1.54, 1.807) is 0 Å². The van der Waals surface area contributed by atoms with Crippen LogP contribution in [0, 0.1) is 22.7 Å². The number of rotatable bonds is 6. The summed E-state index contributed by atoms with van der Waals surface area (Å²) < 4.78 is 11.2. The van der Waals surface area contributed by atoms with Crippen LogP contribution in [0.5, 0.6) is 0 Å². The van der Waals surface area contributed by atoms with Gasteiger partial charge in [-0.2, -0.15) is 0 Å². The average molecular weight is 509 g/mol. The molecule has 2 fully saturated rings. The number of hydrogen-bond donors (Lipinski definition) is 0. The third-order valence-corrected chi connectivity index (χ3v) is 11.4. The standard InChI is InChI=1S/C23H40O4S4/c1-22(2,3)16-7-11-18(12-8-16)26-20(24)30-28-15-29-31-21(25)27-19-13-9-17(10-14-19)23(4,5)6/h16-19H,7-15H2,1-6H3. The fourth-order valence-corrected chi connectivity index (χ4v) is 8.75. The molecule has 0 heterocycles. The predicted octanol–water partition coefficient (Wildman–Crippen LogP) is 9.19. The van der Waals surface area contributed by atoms with Crippen molar-refractivity contribution in [2.24, 2.45) is 22.7 Å². The summed E-state index contributed by atoms with van der Waals surface area (Å²) in [5.74, 6) is 1.43. The van der Waals surface area contributed by atoms with Crippen molar-refractivity contribution in [2.75, 3.05) is 5.08 Å². The number of carbonyl (C=O) groups is 2. The number of hydrogen-bond acceptors (Lipinski definition) is 8. The molecule has 4 nitrogen and oxygen atoms in total. The van der Waals surface area contributed by atoms with E-state index in [4.69, 9.17) is 9.47 Å². The lowest BCUT2D eigenvalue weighted by Gasteiger charge is -2.36. The molecule has 0 bridgehead atoms. The van der Waals surface area contributed by atoms with Crippen LogP contribution in [0.2, 0.25) is 0 Å². The maximum absolute atomic E-state index is 12.1. The molecule has 31 heavy (non-hydrogen) atoms. The zero-order valence-electron chi connectivity index (χ0n) is 19.9. The van der Waals surface area contributed by atoms with Crippen molar-refractivity contribution in [3.63, 3.8) is 0 Å². The van der Waals surface area contributed by atoms with Crippen molar-refractivity contribution in [1.29, 1.82) is 0 Å². The van der Waals surface area contributed by atoms with Gasteiger partial charge < -0.3 is 9.47 Å². The highest BCUT2D eigenvalue weighted by molar-refractivity contribution is 8.89. The highest BCUT2D eigenvalue weighted by Crippen LogP contribution is 2.41. The Kier molecular flexibility index (Phi) is 11.3. The van der Waals surface area contributed by atoms with E-state index in [2.05, 4.69) is 41.5 Å². The zero-order chi connectivity index (χ0) is 23.1. The maximum Gasteiger partial charge on any atom is 0.378 e. The van der Waals surface area contributed by atoms with Crippen LogP contribution >= 0.6 is 43.2 Å². The quantitative estimate of drug-likeness (QED) is 0.152. The van der Waals surface area contributed by atoms with Crippen molar-refractivity contribution in [3.8, 4) is 0 Å². The number of carbonyl (C=O) groups excluding carboxylic acids is 2. The molecule has 8 heteroatoms. The van der Waals surface area contributed by atoms with Gasteiger partial charge >= 0.3 is 10.6 Å². The molecule has 2 rings (SSSR count). The van der Waals surface area contributed by atoms with Gasteiger partial charge in [0.15, 0.2) is 0 Å². The van der Waals surface area contributed by atoms with Crippen LogP contribution in [0.15, 0.2) is 0 Å². The summed E-state index contributed by atoms with van der Waals surface area (Å²) in [4.78, 5) is 24.1. The molecule has 0 atom stereocenters. The van der Waals surface area contributed by atoms with Crippen molar-refractivity contribution in [1.82, 2.24) is 0 Å². The summed E-state index contributed by atoms with van der Waals surface area (Å²) in [5.41, 5.74) is 0.670. The summed E-state index contributed by atoms with van der Waals surface area (Å²) in [5, 5.41) is 0.202. The molecule has 2 aliphatic carbocycles. The average Bonchev–Trinajstić information content (AvgIpc) is 2.67. The van der Waals surface area contributed by atoms with Crippen molar-refractivity contribution in [2.45, 2.75) is 105 Å². The van der Waals surface area contributed by atoms with Crippen LogP contribution in [0.25, 0.3) is 0 Å². The van der Waals surface area contributed by atoms with Crippen LogP contribution in [0.4, 0.5) is 9.59 Å². The van der Waals surface area contributed by atoms with Gasteiger partial charge in [0.25, 0.3) is 0 Å². The molecule has 2 saturated carbocycles. The Balaban J connectivity index is 1.50. The molecule has 0 aliphatic heterocycles. The lowest BCUT2D eigenvalue weighted by molar-refractivity contribution is 0.0590. The van der Waals surface area contributed by atoms with E-state index in [0.29, 0.717) is 27.8 Å². The molecule has 2 aliphatic rings. The first-order valence-corrected chi connectivity index (χ1v) is 16.1. The van der Waals surface area contributed by atoms with Crippen molar-refractivity contribution in [3.05, 3.63) is 0 Å². The fraction of sp³-hybridized carbons (Fsp3) is 0.913. The molecule has 0 aromatic heterocycles. The summed E-state index contributed by atoms with van der Waals surface area (Å²) in [6.07, 6.45) is 8.50. The van der Waals surface area contributed by atoms with Crippen LogP contribution < -0.4 is 0 Å². The second-order valence-electron chi connectivity index (χ2n) is 10.9. The van der Waals surface area contributed by atoms with Gasteiger partial charge in [0.2, 0.25) is 0 Å². The van der Waals surface area contributed by atoms with Gasteiger partial charge in [-0.1, -0.05) is 63.1 Å². The maximum atomic E-state index is 12.1. The third kappa shape index (κ3) is 10.4. The Morgan fingerprint density at radius 3 is 1.26 bits per heavy atom. The molecule has 0 saturated heterocycles. The summed E-state index contributed by atoms with van der Waals surface area (Å²) in [7, 11) is 5.12. The van der Waals surface area contributed by atoms with E-state index in [1.165, 1.54) is 21.6 Å². The monoisotopic (exact) mass is 508 g/mol. The lowest BCUT2D eigenvalue weighted by Crippen LogP contribution is -2.29. The molecule has 0 aromatic carbocycles. The molecule has 180 valence electrons. The fourth-order valence-electron chi connectivity index (χ4n) is 4.57. The second-order valence-corrected chi connectivity index (χ2v) is 15.8. The Labute approximate surface area is 205 Å². The molecule has 0 unspecified atom stereocenters. The zero-order valence-corrected chi connectivity index (χ0v) is 23.2. The highest BCUT2D eigenvalue weighted by atomic mass is 33.1. The first-order valence-electron chi connectivity index (χ1n) is 11.5. The van der Waals surface area contributed by atoms with Gasteiger partial charge in [0, 0.05) is 21.6 Å². The molecule has 0 N–H and O–H groups in total. The van der Waals surface area contributed by atoms with Crippen LogP contribution in [0.1, 0.15) is 92.9 Å². The Morgan fingerprint density at radius 2 is 0.968 bits per heavy atom. The first-order chi connectivity index (χ1) is 14.4. The van der Waals surface area contributed by atoms with Crippen molar-refractivity contribution >= 4 is 53.8 Å². The minimum atomic E-state index is -0.215. The van der Waals surface area contributed by atoms with Gasteiger partial charge in [0.05, 0.1) is 5.08 Å². The van der Waals surface area contributed by atoms with Crippen LogP contribution in [-0.4, -0.2) is 27.9 Å². The van der Waals surface area contributed by atoms with Gasteiger partial charge in [0.1, 0.15) is 12.2 Å². The molecular weight excluding hydrogens is 469 g/mol. The Hall–Kier alpha value is 0.340. The normalized spacial score (nSPS) is 27.5.